The number of hydrogen-bond acceptors (Lipinski definition) is 2. The van der Waals surface area contributed by atoms with Crippen molar-refractivity contribution in [2.24, 2.45) is 0 Å². The molecule has 0 bridgehead atoms. The van der Waals surface area contributed by atoms with Crippen LogP contribution in [0.4, 0.5) is 0 Å². The molecule has 0 saturated heterocycles. The summed E-state index contributed by atoms with van der Waals surface area (Å²) in [7, 11) is 0. The second-order valence-corrected chi connectivity index (χ2v) is 6.75. The molecule has 0 atom stereocenters. The molecule has 1 N–H and O–H groups in total. The molecule has 4 nitrogen and oxygen atoms in total. The van der Waals surface area contributed by atoms with Crippen LogP contribution in [0.5, 0.6) is 0 Å². The third kappa shape index (κ3) is 4.51. The molecule has 0 spiro atoms. The van der Waals surface area contributed by atoms with E-state index in [0.29, 0.717) is 13.0 Å². The Morgan fingerprint density at radius 3 is 2.62 bits per heavy atom. The first kappa shape index (κ1) is 18.2. The summed E-state index contributed by atoms with van der Waals surface area (Å²) < 4.78 is 2.27. The highest BCUT2D eigenvalue weighted by molar-refractivity contribution is 5.77. The predicted molar refractivity (Wildman–Crippen MR) is 106 cm³/mol. The van der Waals surface area contributed by atoms with Crippen molar-refractivity contribution < 1.29 is 4.79 Å². The van der Waals surface area contributed by atoms with E-state index in [2.05, 4.69) is 54.1 Å². The number of aryl methyl sites for hydroxylation is 3. The van der Waals surface area contributed by atoms with Crippen molar-refractivity contribution in [3.63, 3.8) is 0 Å². The van der Waals surface area contributed by atoms with E-state index in [-0.39, 0.29) is 5.91 Å². The van der Waals surface area contributed by atoms with Crippen molar-refractivity contribution >= 4 is 16.9 Å². The number of benzene rings is 2. The van der Waals surface area contributed by atoms with E-state index in [0.717, 1.165) is 37.1 Å². The lowest BCUT2D eigenvalue weighted by Gasteiger charge is -2.09. The second kappa shape index (κ2) is 8.65. The van der Waals surface area contributed by atoms with Crippen LogP contribution >= 0.6 is 0 Å². The fourth-order valence-corrected chi connectivity index (χ4v) is 3.20. The summed E-state index contributed by atoms with van der Waals surface area (Å²) >= 11 is 0. The largest absolute Gasteiger partial charge is 0.356 e. The average molecular weight is 349 g/mol. The van der Waals surface area contributed by atoms with Crippen LogP contribution in [-0.2, 0) is 24.2 Å². The molecular weight excluding hydrogens is 322 g/mol. The van der Waals surface area contributed by atoms with Crippen LogP contribution < -0.4 is 5.32 Å². The third-order valence-electron chi connectivity index (χ3n) is 4.61. The molecule has 4 heteroatoms. The number of para-hydroxylation sites is 2. The van der Waals surface area contributed by atoms with Gasteiger partial charge in [0.1, 0.15) is 5.82 Å². The van der Waals surface area contributed by atoms with Crippen molar-refractivity contribution in [3.8, 4) is 0 Å². The Morgan fingerprint density at radius 1 is 1.08 bits per heavy atom. The molecule has 1 amide bonds. The summed E-state index contributed by atoms with van der Waals surface area (Å²) in [6, 6.07) is 16.6. The van der Waals surface area contributed by atoms with Crippen LogP contribution in [0.3, 0.4) is 0 Å². The number of hydrogen-bond donors (Lipinski definition) is 1. The summed E-state index contributed by atoms with van der Waals surface area (Å²) in [5.74, 6) is 1.15. The molecule has 2 aromatic carbocycles. The fourth-order valence-electron chi connectivity index (χ4n) is 3.20. The van der Waals surface area contributed by atoms with Crippen molar-refractivity contribution in [2.45, 2.75) is 46.1 Å². The van der Waals surface area contributed by atoms with E-state index >= 15 is 0 Å². The maximum atomic E-state index is 12.1. The summed E-state index contributed by atoms with van der Waals surface area (Å²) in [6.07, 6.45) is 3.12. The van der Waals surface area contributed by atoms with E-state index in [1.165, 1.54) is 16.6 Å². The van der Waals surface area contributed by atoms with Crippen LogP contribution in [0.2, 0.25) is 0 Å². The van der Waals surface area contributed by atoms with Gasteiger partial charge in [0, 0.05) is 25.9 Å². The zero-order valence-electron chi connectivity index (χ0n) is 15.7. The lowest BCUT2D eigenvalue weighted by molar-refractivity contribution is -0.121. The first-order chi connectivity index (χ1) is 12.7. The summed E-state index contributed by atoms with van der Waals surface area (Å²) in [4.78, 5) is 16.9. The minimum absolute atomic E-state index is 0.101. The minimum atomic E-state index is 0.101. The molecule has 0 fully saturated rings. The average Bonchev–Trinajstić information content (AvgIpc) is 2.99. The van der Waals surface area contributed by atoms with E-state index in [9.17, 15) is 4.79 Å². The van der Waals surface area contributed by atoms with Crippen LogP contribution in [0.25, 0.3) is 11.0 Å². The van der Waals surface area contributed by atoms with Gasteiger partial charge in [0.25, 0.3) is 0 Å². The lowest BCUT2D eigenvalue weighted by atomic mass is 10.1. The Kier molecular flexibility index (Phi) is 6.05. The van der Waals surface area contributed by atoms with Gasteiger partial charge in [0.05, 0.1) is 11.0 Å². The molecule has 3 aromatic rings. The topological polar surface area (TPSA) is 46.9 Å². The van der Waals surface area contributed by atoms with Crippen LogP contribution in [0.15, 0.2) is 48.5 Å². The molecule has 3 rings (SSSR count). The number of amides is 1. The zero-order valence-corrected chi connectivity index (χ0v) is 15.7. The molecule has 0 unspecified atom stereocenters. The van der Waals surface area contributed by atoms with Gasteiger partial charge < -0.3 is 9.88 Å². The van der Waals surface area contributed by atoms with Gasteiger partial charge in [-0.15, -0.1) is 0 Å². The number of fused-ring (bicyclic) bond motifs is 1. The van der Waals surface area contributed by atoms with Crippen molar-refractivity contribution in [1.29, 1.82) is 0 Å². The van der Waals surface area contributed by atoms with Crippen LogP contribution in [-0.4, -0.2) is 22.0 Å². The number of carbonyl (C=O) groups excluding carboxylic acids is 1. The Bertz CT molecular complexity index is 865. The van der Waals surface area contributed by atoms with E-state index in [4.69, 9.17) is 4.98 Å². The molecular formula is C22H27N3O. The summed E-state index contributed by atoms with van der Waals surface area (Å²) in [5, 5.41) is 3.03. The van der Waals surface area contributed by atoms with E-state index < -0.39 is 0 Å². The number of nitrogens with one attached hydrogen (secondary N) is 1. The quantitative estimate of drug-likeness (QED) is 0.667. The normalized spacial score (nSPS) is 11.0. The highest BCUT2D eigenvalue weighted by Gasteiger charge is 2.10. The Labute approximate surface area is 155 Å². The van der Waals surface area contributed by atoms with Crippen molar-refractivity contribution in [2.75, 3.05) is 6.54 Å². The summed E-state index contributed by atoms with van der Waals surface area (Å²) in [6.45, 7) is 5.82. The standard InChI is InChI=1S/C22H27N3O/c1-3-16-25-20-7-5-4-6-19(20)24-21(25)14-15-23-22(26)13-12-18-10-8-17(2)9-11-18/h4-11H,3,12-16H2,1-2H3,(H,23,26). The number of carbonyl (C=O) groups is 1. The molecule has 1 aromatic heterocycles. The van der Waals surface area contributed by atoms with Gasteiger partial charge in [-0.2, -0.15) is 0 Å². The maximum Gasteiger partial charge on any atom is 0.220 e. The second-order valence-electron chi connectivity index (χ2n) is 6.75. The van der Waals surface area contributed by atoms with Gasteiger partial charge in [-0.25, -0.2) is 4.98 Å². The third-order valence-corrected chi connectivity index (χ3v) is 4.61. The molecule has 0 saturated carbocycles. The van der Waals surface area contributed by atoms with E-state index in [1.54, 1.807) is 0 Å². The fraction of sp³-hybridized carbons (Fsp3) is 0.364. The van der Waals surface area contributed by atoms with Gasteiger partial charge in [-0.1, -0.05) is 48.9 Å². The lowest BCUT2D eigenvalue weighted by Crippen LogP contribution is -2.26. The smallest absolute Gasteiger partial charge is 0.220 e. The highest BCUT2D eigenvalue weighted by atomic mass is 16.1. The van der Waals surface area contributed by atoms with Gasteiger partial charge in [-0.05, 0) is 37.5 Å². The molecule has 0 radical (unpaired) electrons. The molecule has 136 valence electrons. The number of imidazole rings is 1. The van der Waals surface area contributed by atoms with Gasteiger partial charge in [-0.3, -0.25) is 4.79 Å². The Morgan fingerprint density at radius 2 is 1.85 bits per heavy atom. The molecule has 0 aliphatic rings. The molecule has 1 heterocycles. The van der Waals surface area contributed by atoms with Crippen molar-refractivity contribution in [3.05, 3.63) is 65.5 Å². The number of nitrogens with zero attached hydrogens (tertiary/aromatic N) is 2. The Balaban J connectivity index is 1.52. The van der Waals surface area contributed by atoms with Crippen molar-refractivity contribution in [1.82, 2.24) is 14.9 Å². The first-order valence-electron chi connectivity index (χ1n) is 9.43. The first-order valence-corrected chi connectivity index (χ1v) is 9.43. The minimum Gasteiger partial charge on any atom is -0.356 e. The van der Waals surface area contributed by atoms with E-state index in [1.807, 2.05) is 18.2 Å². The number of aromatic nitrogens is 2. The maximum absolute atomic E-state index is 12.1. The SMILES string of the molecule is CCCn1c(CCNC(=O)CCc2ccc(C)cc2)nc2ccccc21. The van der Waals surface area contributed by atoms with Crippen LogP contribution in [0.1, 0.15) is 36.7 Å². The van der Waals surface area contributed by atoms with Gasteiger partial charge >= 0.3 is 0 Å². The van der Waals surface area contributed by atoms with Gasteiger partial charge in [0.2, 0.25) is 5.91 Å². The molecule has 26 heavy (non-hydrogen) atoms. The molecule has 0 aliphatic heterocycles. The predicted octanol–water partition coefficient (Wildman–Crippen LogP) is 4.05. The van der Waals surface area contributed by atoms with Gasteiger partial charge in [0.15, 0.2) is 0 Å². The Hall–Kier alpha value is -2.62. The van der Waals surface area contributed by atoms with Crippen LogP contribution in [0, 0.1) is 6.92 Å². The monoisotopic (exact) mass is 349 g/mol. The highest BCUT2D eigenvalue weighted by Crippen LogP contribution is 2.16. The summed E-state index contributed by atoms with van der Waals surface area (Å²) in [5.41, 5.74) is 4.65. The number of rotatable bonds is 8. The molecule has 0 aliphatic carbocycles. The zero-order chi connectivity index (χ0) is 18.4.